The highest BCUT2D eigenvalue weighted by Crippen LogP contribution is 2.25. The lowest BCUT2D eigenvalue weighted by molar-refractivity contribution is 0.102. The van der Waals surface area contributed by atoms with Gasteiger partial charge >= 0.3 is 0 Å². The van der Waals surface area contributed by atoms with Crippen LogP contribution in [-0.2, 0) is 0 Å². The number of aromatic nitrogens is 2. The first-order valence-corrected chi connectivity index (χ1v) is 6.32. The van der Waals surface area contributed by atoms with Crippen LogP contribution < -0.4 is 16.6 Å². The number of nitrogens with two attached hydrogens (primary N) is 1. The number of nitrogen functional groups attached to an aromatic ring is 1. The number of hydrazine groups is 1. The minimum atomic E-state index is -0.406. The van der Waals surface area contributed by atoms with Crippen LogP contribution in [0.15, 0.2) is 35.1 Å². The zero-order valence-corrected chi connectivity index (χ0v) is 11.9. The van der Waals surface area contributed by atoms with Crippen LogP contribution in [0.1, 0.15) is 10.5 Å². The van der Waals surface area contributed by atoms with E-state index in [2.05, 4.69) is 36.6 Å². The van der Waals surface area contributed by atoms with Crippen molar-refractivity contribution in [3.63, 3.8) is 0 Å². The Kier molecular flexibility index (Phi) is 4.31. The van der Waals surface area contributed by atoms with Gasteiger partial charge in [-0.15, -0.1) is 0 Å². The van der Waals surface area contributed by atoms with Gasteiger partial charge in [0, 0.05) is 4.47 Å². The fourth-order valence-electron chi connectivity index (χ4n) is 1.30. The number of nitrogens with one attached hydrogen (secondary N) is 2. The zero-order chi connectivity index (χ0) is 13.8. The monoisotopic (exact) mass is 341 g/mol. The zero-order valence-electron chi connectivity index (χ0n) is 9.52. The predicted molar refractivity (Wildman–Crippen MR) is 76.9 cm³/mol. The van der Waals surface area contributed by atoms with E-state index in [9.17, 15) is 4.79 Å². The molecule has 0 aliphatic carbocycles. The van der Waals surface area contributed by atoms with Gasteiger partial charge in [0.15, 0.2) is 5.82 Å². The third kappa shape index (κ3) is 3.40. The maximum absolute atomic E-state index is 11.9. The molecule has 2 rings (SSSR count). The van der Waals surface area contributed by atoms with E-state index in [-0.39, 0.29) is 5.69 Å². The minimum Gasteiger partial charge on any atom is -0.319 e. The first kappa shape index (κ1) is 13.7. The molecule has 0 aliphatic heterocycles. The average molecular weight is 343 g/mol. The van der Waals surface area contributed by atoms with Crippen LogP contribution in [0.3, 0.4) is 0 Å². The summed E-state index contributed by atoms with van der Waals surface area (Å²) in [5.74, 6) is 5.13. The Morgan fingerprint density at radius 1 is 1.32 bits per heavy atom. The van der Waals surface area contributed by atoms with Gasteiger partial charge in [-0.1, -0.05) is 27.5 Å². The second-order valence-corrected chi connectivity index (χ2v) is 4.83. The molecule has 1 aromatic heterocycles. The summed E-state index contributed by atoms with van der Waals surface area (Å²) in [6.45, 7) is 0. The SMILES string of the molecule is NNc1cnc(C(=O)Nc2cc(Br)ccc2Cl)cn1. The van der Waals surface area contributed by atoms with Crippen molar-refractivity contribution in [1.29, 1.82) is 0 Å². The highest BCUT2D eigenvalue weighted by molar-refractivity contribution is 9.10. The predicted octanol–water partition coefficient (Wildman–Crippen LogP) is 2.43. The Bertz CT molecular complexity index is 605. The van der Waals surface area contributed by atoms with Crippen molar-refractivity contribution in [3.8, 4) is 0 Å². The Morgan fingerprint density at radius 3 is 2.74 bits per heavy atom. The Hall–Kier alpha value is -1.70. The van der Waals surface area contributed by atoms with Crippen molar-refractivity contribution in [3.05, 3.63) is 45.8 Å². The maximum atomic E-state index is 11.9. The second kappa shape index (κ2) is 5.96. The van der Waals surface area contributed by atoms with Crippen LogP contribution in [-0.4, -0.2) is 15.9 Å². The van der Waals surface area contributed by atoms with E-state index in [1.807, 2.05) is 0 Å². The molecule has 1 amide bonds. The topological polar surface area (TPSA) is 92.9 Å². The number of halogens is 2. The number of carbonyl (C=O) groups excluding carboxylic acids is 1. The molecular weight excluding hydrogens is 334 g/mol. The summed E-state index contributed by atoms with van der Waals surface area (Å²) < 4.78 is 0.806. The molecular formula is C11H9BrClN5O. The van der Waals surface area contributed by atoms with Crippen molar-refractivity contribution in [2.24, 2.45) is 5.84 Å². The lowest BCUT2D eigenvalue weighted by atomic mass is 10.3. The molecule has 98 valence electrons. The van der Waals surface area contributed by atoms with E-state index in [1.54, 1.807) is 18.2 Å². The van der Waals surface area contributed by atoms with E-state index >= 15 is 0 Å². The summed E-state index contributed by atoms with van der Waals surface area (Å²) in [5.41, 5.74) is 2.98. The molecule has 0 radical (unpaired) electrons. The quantitative estimate of drug-likeness (QED) is 0.588. The van der Waals surface area contributed by atoms with E-state index in [4.69, 9.17) is 17.4 Å². The highest BCUT2D eigenvalue weighted by Gasteiger charge is 2.10. The lowest BCUT2D eigenvalue weighted by Crippen LogP contribution is -2.15. The number of benzene rings is 1. The molecule has 0 saturated heterocycles. The van der Waals surface area contributed by atoms with Crippen LogP contribution in [0.2, 0.25) is 5.02 Å². The van der Waals surface area contributed by atoms with Crippen LogP contribution in [0.5, 0.6) is 0 Å². The third-order valence-electron chi connectivity index (χ3n) is 2.21. The fraction of sp³-hybridized carbons (Fsp3) is 0. The van der Waals surface area contributed by atoms with Crippen LogP contribution in [0.25, 0.3) is 0 Å². The van der Waals surface area contributed by atoms with Crippen molar-refractivity contribution in [1.82, 2.24) is 9.97 Å². The summed E-state index contributed by atoms with van der Waals surface area (Å²) in [7, 11) is 0. The maximum Gasteiger partial charge on any atom is 0.275 e. The van der Waals surface area contributed by atoms with E-state index in [0.717, 1.165) is 4.47 Å². The summed E-state index contributed by atoms with van der Waals surface area (Å²) in [5, 5.41) is 3.08. The molecule has 2 aromatic rings. The average Bonchev–Trinajstić information content (AvgIpc) is 2.43. The van der Waals surface area contributed by atoms with Crippen LogP contribution in [0.4, 0.5) is 11.5 Å². The number of hydrogen-bond acceptors (Lipinski definition) is 5. The molecule has 1 heterocycles. The van der Waals surface area contributed by atoms with E-state index in [0.29, 0.717) is 16.5 Å². The Balaban J connectivity index is 2.18. The van der Waals surface area contributed by atoms with Crippen LogP contribution >= 0.6 is 27.5 Å². The molecule has 0 spiro atoms. The largest absolute Gasteiger partial charge is 0.319 e. The molecule has 8 heteroatoms. The summed E-state index contributed by atoms with van der Waals surface area (Å²) in [4.78, 5) is 19.8. The van der Waals surface area contributed by atoms with Crippen molar-refractivity contribution in [2.45, 2.75) is 0 Å². The Labute approximate surface area is 122 Å². The first-order valence-electron chi connectivity index (χ1n) is 5.15. The van der Waals surface area contributed by atoms with Gasteiger partial charge in [-0.2, -0.15) is 0 Å². The molecule has 19 heavy (non-hydrogen) atoms. The molecule has 0 unspecified atom stereocenters. The number of hydrogen-bond donors (Lipinski definition) is 3. The highest BCUT2D eigenvalue weighted by atomic mass is 79.9. The Morgan fingerprint density at radius 2 is 2.11 bits per heavy atom. The van der Waals surface area contributed by atoms with Crippen molar-refractivity contribution < 1.29 is 4.79 Å². The molecule has 0 atom stereocenters. The smallest absolute Gasteiger partial charge is 0.275 e. The van der Waals surface area contributed by atoms with Crippen LogP contribution in [0, 0.1) is 0 Å². The van der Waals surface area contributed by atoms with Gasteiger partial charge < -0.3 is 10.7 Å². The summed E-state index contributed by atoms with van der Waals surface area (Å²) in [6.07, 6.45) is 2.67. The normalized spacial score (nSPS) is 10.1. The fourth-order valence-corrected chi connectivity index (χ4v) is 1.83. The van der Waals surface area contributed by atoms with Crippen molar-refractivity contribution >= 4 is 44.9 Å². The molecule has 0 aliphatic rings. The standard InChI is InChI=1S/C11H9BrClN5O/c12-6-1-2-7(13)8(3-6)17-11(19)9-4-16-10(18-14)5-15-9/h1-5H,14H2,(H,16,18)(H,17,19). The number of amides is 1. The minimum absolute atomic E-state index is 0.162. The molecule has 4 N–H and O–H groups in total. The van der Waals surface area contributed by atoms with Gasteiger partial charge in [-0.3, -0.25) is 4.79 Å². The number of carbonyl (C=O) groups is 1. The molecule has 0 saturated carbocycles. The van der Waals surface area contributed by atoms with E-state index < -0.39 is 5.91 Å². The molecule has 0 bridgehead atoms. The molecule has 1 aromatic carbocycles. The third-order valence-corrected chi connectivity index (χ3v) is 3.03. The van der Waals surface area contributed by atoms with Gasteiger partial charge in [0.05, 0.1) is 23.1 Å². The summed E-state index contributed by atoms with van der Waals surface area (Å²) >= 11 is 9.28. The van der Waals surface area contributed by atoms with Gasteiger partial charge in [-0.05, 0) is 18.2 Å². The van der Waals surface area contributed by atoms with E-state index in [1.165, 1.54) is 12.4 Å². The number of anilines is 2. The van der Waals surface area contributed by atoms with Gasteiger partial charge in [0.2, 0.25) is 0 Å². The number of rotatable bonds is 3. The molecule has 6 nitrogen and oxygen atoms in total. The second-order valence-electron chi connectivity index (χ2n) is 3.51. The lowest BCUT2D eigenvalue weighted by Gasteiger charge is -2.07. The number of nitrogens with zero attached hydrogens (tertiary/aromatic N) is 2. The van der Waals surface area contributed by atoms with Crippen molar-refractivity contribution in [2.75, 3.05) is 10.7 Å². The summed E-state index contributed by atoms with van der Waals surface area (Å²) in [6, 6.07) is 5.15. The van der Waals surface area contributed by atoms with Gasteiger partial charge in [0.25, 0.3) is 5.91 Å². The van der Waals surface area contributed by atoms with Gasteiger partial charge in [0.1, 0.15) is 5.69 Å². The first-order chi connectivity index (χ1) is 9.10. The van der Waals surface area contributed by atoms with Gasteiger partial charge in [-0.25, -0.2) is 15.8 Å². The molecule has 0 fully saturated rings.